The van der Waals surface area contributed by atoms with Crippen LogP contribution in [0.25, 0.3) is 11.0 Å². The van der Waals surface area contributed by atoms with Crippen LogP contribution in [0.1, 0.15) is 10.4 Å². The summed E-state index contributed by atoms with van der Waals surface area (Å²) in [5.74, 6) is 0.0000231. The maximum absolute atomic E-state index is 12.1. The van der Waals surface area contributed by atoms with E-state index in [0.717, 1.165) is 0 Å². The van der Waals surface area contributed by atoms with Crippen LogP contribution in [0.5, 0.6) is 5.75 Å². The number of fused-ring (bicyclic) bond motifs is 1. The first-order valence-electron chi connectivity index (χ1n) is 5.01. The molecule has 96 valence electrons. The van der Waals surface area contributed by atoms with Gasteiger partial charge in [0, 0.05) is 25.0 Å². The molecule has 2 heterocycles. The van der Waals surface area contributed by atoms with Gasteiger partial charge in [0.05, 0.1) is 5.39 Å². The first kappa shape index (κ1) is 12.4. The van der Waals surface area contributed by atoms with Gasteiger partial charge in [-0.2, -0.15) is 13.2 Å². The molecule has 0 aliphatic carbocycles. The van der Waals surface area contributed by atoms with Crippen molar-refractivity contribution in [2.45, 2.75) is 6.18 Å². The highest BCUT2D eigenvalue weighted by atomic mass is 19.4. The molecule has 18 heavy (non-hydrogen) atoms. The Bertz CT molecular complexity index is 590. The molecule has 0 bridgehead atoms. The van der Waals surface area contributed by atoms with Crippen molar-refractivity contribution < 1.29 is 22.7 Å². The largest absolute Gasteiger partial charge is 0.483 e. The van der Waals surface area contributed by atoms with E-state index in [4.69, 9.17) is 4.74 Å². The molecule has 0 aliphatic heterocycles. The average molecular weight is 258 g/mol. The molecule has 4 nitrogen and oxygen atoms in total. The third-order valence-electron chi connectivity index (χ3n) is 2.37. The molecule has 2 rings (SSSR count). The Balaban J connectivity index is 2.47. The van der Waals surface area contributed by atoms with Gasteiger partial charge in [-0.15, -0.1) is 0 Å². The second kappa shape index (κ2) is 4.32. The molecule has 0 atom stereocenters. The fraction of sp³-hybridized carbons (Fsp3) is 0.273. The second-order valence-electron chi connectivity index (χ2n) is 3.72. The topological polar surface area (TPSA) is 44.1 Å². The monoisotopic (exact) mass is 258 g/mol. The maximum Gasteiger partial charge on any atom is 0.422 e. The van der Waals surface area contributed by atoms with Crippen molar-refractivity contribution in [2.24, 2.45) is 7.05 Å². The highest BCUT2D eigenvalue weighted by Gasteiger charge is 2.29. The number of alkyl halides is 3. The normalized spacial score (nSPS) is 11.8. The molecule has 0 saturated carbocycles. The van der Waals surface area contributed by atoms with Crippen molar-refractivity contribution >= 4 is 17.3 Å². The van der Waals surface area contributed by atoms with Crippen molar-refractivity contribution in [3.05, 3.63) is 24.0 Å². The van der Waals surface area contributed by atoms with Crippen molar-refractivity contribution in [3.8, 4) is 5.75 Å². The number of aryl methyl sites for hydroxylation is 1. The van der Waals surface area contributed by atoms with E-state index < -0.39 is 12.8 Å². The maximum atomic E-state index is 12.1. The first-order chi connectivity index (χ1) is 8.42. The van der Waals surface area contributed by atoms with E-state index in [1.165, 1.54) is 18.5 Å². The lowest BCUT2D eigenvalue weighted by Gasteiger charge is -2.10. The Morgan fingerprint density at radius 1 is 1.50 bits per heavy atom. The zero-order chi connectivity index (χ0) is 13.3. The van der Waals surface area contributed by atoms with Crippen LogP contribution in [-0.2, 0) is 7.05 Å². The SMILES string of the molecule is Cn1cc(C=O)c2c(OCC(F)(F)F)ccnc21. The summed E-state index contributed by atoms with van der Waals surface area (Å²) in [6.07, 6.45) is -1.04. The molecule has 0 amide bonds. The predicted octanol–water partition coefficient (Wildman–Crippen LogP) is 2.33. The van der Waals surface area contributed by atoms with Crippen LogP contribution in [0, 0.1) is 0 Å². The molecule has 7 heteroatoms. The molecular weight excluding hydrogens is 249 g/mol. The molecule has 0 saturated heterocycles. The fourth-order valence-corrected chi connectivity index (χ4v) is 1.68. The first-order valence-corrected chi connectivity index (χ1v) is 5.01. The number of nitrogens with zero attached hydrogens (tertiary/aromatic N) is 2. The minimum Gasteiger partial charge on any atom is -0.483 e. The van der Waals surface area contributed by atoms with Crippen LogP contribution in [0.3, 0.4) is 0 Å². The third kappa shape index (κ3) is 2.29. The number of rotatable bonds is 3. The number of halogens is 3. The summed E-state index contributed by atoms with van der Waals surface area (Å²) in [4.78, 5) is 14.9. The van der Waals surface area contributed by atoms with Gasteiger partial charge in [-0.05, 0) is 6.07 Å². The van der Waals surface area contributed by atoms with Crippen LogP contribution >= 0.6 is 0 Å². The van der Waals surface area contributed by atoms with Crippen LogP contribution in [0.2, 0.25) is 0 Å². The van der Waals surface area contributed by atoms with E-state index in [2.05, 4.69) is 4.98 Å². The summed E-state index contributed by atoms with van der Waals surface area (Å²) >= 11 is 0. The number of aldehydes is 1. The summed E-state index contributed by atoms with van der Waals surface area (Å²) < 4.78 is 42.6. The number of ether oxygens (including phenoxy) is 1. The van der Waals surface area contributed by atoms with E-state index in [1.807, 2.05) is 0 Å². The summed E-state index contributed by atoms with van der Waals surface area (Å²) in [7, 11) is 1.65. The summed E-state index contributed by atoms with van der Waals surface area (Å²) in [5, 5.41) is 0.291. The smallest absolute Gasteiger partial charge is 0.422 e. The second-order valence-corrected chi connectivity index (χ2v) is 3.72. The molecule has 0 N–H and O–H groups in total. The Kier molecular flexibility index (Phi) is 2.98. The van der Waals surface area contributed by atoms with Crippen molar-refractivity contribution in [2.75, 3.05) is 6.61 Å². The van der Waals surface area contributed by atoms with Crippen molar-refractivity contribution in [1.29, 1.82) is 0 Å². The lowest BCUT2D eigenvalue weighted by Crippen LogP contribution is -2.19. The van der Waals surface area contributed by atoms with Gasteiger partial charge >= 0.3 is 6.18 Å². The minimum absolute atomic E-state index is 0.0000231. The number of carbonyl (C=O) groups is 1. The van der Waals surface area contributed by atoms with E-state index in [-0.39, 0.29) is 11.3 Å². The highest BCUT2D eigenvalue weighted by Crippen LogP contribution is 2.29. The summed E-state index contributed by atoms with van der Waals surface area (Å²) in [5.41, 5.74) is 0.648. The van der Waals surface area contributed by atoms with Crippen LogP contribution in [-0.4, -0.2) is 28.6 Å². The molecule has 2 aromatic heterocycles. The van der Waals surface area contributed by atoms with E-state index >= 15 is 0 Å². The fourth-order valence-electron chi connectivity index (χ4n) is 1.68. The van der Waals surface area contributed by atoms with Crippen LogP contribution < -0.4 is 4.74 Å². The Morgan fingerprint density at radius 2 is 2.22 bits per heavy atom. The number of pyridine rings is 1. The lowest BCUT2D eigenvalue weighted by atomic mass is 10.2. The zero-order valence-electron chi connectivity index (χ0n) is 9.36. The molecule has 2 aromatic rings. The summed E-state index contributed by atoms with van der Waals surface area (Å²) in [6.45, 7) is -1.40. The lowest BCUT2D eigenvalue weighted by molar-refractivity contribution is -0.153. The number of aromatic nitrogens is 2. The van der Waals surface area contributed by atoms with Gasteiger partial charge < -0.3 is 9.30 Å². The minimum atomic E-state index is -4.42. The van der Waals surface area contributed by atoms with Gasteiger partial charge in [0.2, 0.25) is 0 Å². The van der Waals surface area contributed by atoms with Gasteiger partial charge in [0.15, 0.2) is 12.9 Å². The molecule has 0 fully saturated rings. The van der Waals surface area contributed by atoms with E-state index in [1.54, 1.807) is 11.6 Å². The molecule has 0 radical (unpaired) electrons. The quantitative estimate of drug-likeness (QED) is 0.793. The molecule has 0 spiro atoms. The third-order valence-corrected chi connectivity index (χ3v) is 2.37. The van der Waals surface area contributed by atoms with E-state index in [0.29, 0.717) is 17.3 Å². The van der Waals surface area contributed by atoms with E-state index in [9.17, 15) is 18.0 Å². The molecule has 0 aromatic carbocycles. The van der Waals surface area contributed by atoms with Gasteiger partial charge in [-0.25, -0.2) is 4.98 Å². The van der Waals surface area contributed by atoms with Crippen molar-refractivity contribution in [3.63, 3.8) is 0 Å². The predicted molar refractivity (Wildman–Crippen MR) is 57.7 cm³/mol. The molecule has 0 aliphatic rings. The number of hydrogen-bond donors (Lipinski definition) is 0. The molecule has 0 unspecified atom stereocenters. The average Bonchev–Trinajstić information content (AvgIpc) is 2.63. The van der Waals surface area contributed by atoms with Crippen LogP contribution in [0.4, 0.5) is 13.2 Å². The van der Waals surface area contributed by atoms with Gasteiger partial charge in [0.25, 0.3) is 0 Å². The Morgan fingerprint density at radius 3 is 2.83 bits per heavy atom. The van der Waals surface area contributed by atoms with Crippen LogP contribution in [0.15, 0.2) is 18.5 Å². The number of hydrogen-bond acceptors (Lipinski definition) is 3. The zero-order valence-corrected chi connectivity index (χ0v) is 9.36. The Labute approximate surface area is 100.0 Å². The van der Waals surface area contributed by atoms with Gasteiger partial charge in [-0.3, -0.25) is 4.79 Å². The molecular formula is C11H9F3N2O2. The number of carbonyl (C=O) groups excluding carboxylic acids is 1. The van der Waals surface area contributed by atoms with Gasteiger partial charge in [0.1, 0.15) is 11.4 Å². The Hall–Kier alpha value is -2.05. The standard InChI is InChI=1S/C11H9F3N2O2/c1-16-4-7(5-17)9-8(2-3-15-10(9)16)18-6-11(12,13)14/h2-5H,6H2,1H3. The summed E-state index contributed by atoms with van der Waals surface area (Å²) in [6, 6.07) is 1.31. The van der Waals surface area contributed by atoms with Gasteiger partial charge in [-0.1, -0.05) is 0 Å². The highest BCUT2D eigenvalue weighted by molar-refractivity contribution is 5.99. The van der Waals surface area contributed by atoms with Crippen molar-refractivity contribution in [1.82, 2.24) is 9.55 Å².